The zero-order valence-electron chi connectivity index (χ0n) is 11.4. The van der Waals surface area contributed by atoms with E-state index in [2.05, 4.69) is 24.3 Å². The Balaban J connectivity index is 2.17. The zero-order valence-corrected chi connectivity index (χ0v) is 12.3. The van der Waals surface area contributed by atoms with Gasteiger partial charge in [0.1, 0.15) is 17.9 Å². The van der Waals surface area contributed by atoms with Crippen molar-refractivity contribution in [1.29, 1.82) is 0 Å². The molecule has 0 aromatic heterocycles. The minimum atomic E-state index is -1.94. The number of benzene rings is 2. The van der Waals surface area contributed by atoms with E-state index in [1.165, 1.54) is 10.6 Å². The molecule has 3 rings (SSSR count). The summed E-state index contributed by atoms with van der Waals surface area (Å²) in [4.78, 5) is 0. The molecule has 0 spiro atoms. The molecule has 0 aliphatic carbocycles. The lowest BCUT2D eigenvalue weighted by atomic mass is 10.2. The van der Waals surface area contributed by atoms with Crippen LogP contribution in [0.3, 0.4) is 0 Å². The molecule has 104 valence electrons. The van der Waals surface area contributed by atoms with Crippen molar-refractivity contribution in [3.05, 3.63) is 60.7 Å². The summed E-state index contributed by atoms with van der Waals surface area (Å²) in [6.45, 7) is 0. The van der Waals surface area contributed by atoms with E-state index in [4.69, 9.17) is 0 Å². The van der Waals surface area contributed by atoms with Gasteiger partial charge >= 0.3 is 0 Å². The quantitative estimate of drug-likeness (QED) is 0.831. The maximum Gasteiger partial charge on any atom is 0.173 e. The molecule has 2 unspecified atom stereocenters. The molecule has 0 saturated carbocycles. The van der Waals surface area contributed by atoms with Gasteiger partial charge in [-0.3, -0.25) is 0 Å². The molecule has 1 fully saturated rings. The molecule has 2 aromatic carbocycles. The molecule has 1 aliphatic heterocycles. The lowest BCUT2D eigenvalue weighted by Gasteiger charge is -2.37. The largest absolute Gasteiger partial charge is 0.389 e. The van der Waals surface area contributed by atoms with E-state index >= 15 is 0 Å². The molecule has 2 N–H and O–H groups in total. The van der Waals surface area contributed by atoms with E-state index in [9.17, 15) is 10.2 Å². The van der Waals surface area contributed by atoms with Gasteiger partial charge in [0.05, 0.1) is 12.3 Å². The Labute approximate surface area is 120 Å². The highest BCUT2D eigenvalue weighted by atomic mass is 31.2. The molecule has 1 heterocycles. The van der Waals surface area contributed by atoms with Gasteiger partial charge in [-0.1, -0.05) is 36.4 Å². The van der Waals surface area contributed by atoms with Gasteiger partial charge in [-0.05, 0) is 30.7 Å². The Hall–Kier alpha value is -1.21. The van der Waals surface area contributed by atoms with Crippen LogP contribution in [0.15, 0.2) is 60.7 Å². The van der Waals surface area contributed by atoms with Gasteiger partial charge in [0.25, 0.3) is 0 Å². The summed E-state index contributed by atoms with van der Waals surface area (Å²) >= 11 is 0. The molecule has 1 saturated heterocycles. The maximum atomic E-state index is 10.8. The zero-order chi connectivity index (χ0) is 14.0. The van der Waals surface area contributed by atoms with Crippen molar-refractivity contribution in [2.75, 3.05) is 6.16 Å². The Bertz CT molecular complexity index is 516. The van der Waals surface area contributed by atoms with E-state index in [0.29, 0.717) is 19.0 Å². The predicted octanol–water partition coefficient (Wildman–Crippen LogP) is 2.13. The second kappa shape index (κ2) is 5.65. The van der Waals surface area contributed by atoms with Gasteiger partial charge in [0, 0.05) is 6.42 Å². The lowest BCUT2D eigenvalue weighted by molar-refractivity contribution is 0.145. The number of rotatable bonds is 2. The molecule has 0 amide bonds. The third kappa shape index (κ3) is 2.29. The monoisotopic (exact) mass is 287 g/mol. The van der Waals surface area contributed by atoms with Crippen LogP contribution in [0.2, 0.25) is 0 Å². The van der Waals surface area contributed by atoms with Crippen LogP contribution in [0.5, 0.6) is 0 Å². The van der Waals surface area contributed by atoms with Gasteiger partial charge in [-0.25, -0.2) is 0 Å². The fourth-order valence-electron chi connectivity index (χ4n) is 3.20. The highest BCUT2D eigenvalue weighted by Gasteiger charge is 2.53. The van der Waals surface area contributed by atoms with E-state index in [-0.39, 0.29) is 11.9 Å². The van der Waals surface area contributed by atoms with Crippen LogP contribution in [0, 0.1) is 0 Å². The van der Waals surface area contributed by atoms with Crippen LogP contribution in [0.1, 0.15) is 12.8 Å². The van der Waals surface area contributed by atoms with Crippen molar-refractivity contribution in [3.63, 3.8) is 0 Å². The van der Waals surface area contributed by atoms with Crippen molar-refractivity contribution < 1.29 is 10.2 Å². The van der Waals surface area contributed by atoms with E-state index in [1.54, 1.807) is 0 Å². The van der Waals surface area contributed by atoms with Crippen molar-refractivity contribution in [2.24, 2.45) is 0 Å². The minimum absolute atomic E-state index is 0.313. The van der Waals surface area contributed by atoms with Crippen LogP contribution in [0.25, 0.3) is 0 Å². The first-order valence-corrected chi connectivity index (χ1v) is 9.13. The Kier molecular flexibility index (Phi) is 3.89. The molecule has 2 nitrogen and oxygen atoms in total. The maximum absolute atomic E-state index is 10.8. The summed E-state index contributed by atoms with van der Waals surface area (Å²) in [5.74, 6) is -0.351. The first-order chi connectivity index (χ1) is 9.73. The summed E-state index contributed by atoms with van der Waals surface area (Å²) in [5.41, 5.74) is 0. The number of hydrogen-bond donors (Lipinski definition) is 2. The summed E-state index contributed by atoms with van der Waals surface area (Å²) in [6, 6.07) is 20.5. The second-order valence-electron chi connectivity index (χ2n) is 5.43. The Morgan fingerprint density at radius 3 is 1.75 bits per heavy atom. The first kappa shape index (κ1) is 13.8. The van der Waals surface area contributed by atoms with Crippen molar-refractivity contribution >= 4 is 17.9 Å². The van der Waals surface area contributed by atoms with Crippen LogP contribution in [-0.4, -0.2) is 28.3 Å². The minimum Gasteiger partial charge on any atom is -0.389 e. The SMILES string of the molecule is OC1CCC(O)[P+](c2ccccc2)(c2ccccc2)C1. The third-order valence-electron chi connectivity index (χ3n) is 4.20. The third-order valence-corrected chi connectivity index (χ3v) is 8.91. The van der Waals surface area contributed by atoms with Crippen molar-refractivity contribution in [3.8, 4) is 0 Å². The summed E-state index contributed by atoms with van der Waals surface area (Å²) in [6.07, 6.45) is 1.75. The van der Waals surface area contributed by atoms with Gasteiger partial charge in [0.2, 0.25) is 0 Å². The fourth-order valence-corrected chi connectivity index (χ4v) is 7.70. The first-order valence-electron chi connectivity index (χ1n) is 7.08. The average Bonchev–Trinajstić information content (AvgIpc) is 2.51. The smallest absolute Gasteiger partial charge is 0.173 e. The highest BCUT2D eigenvalue weighted by Crippen LogP contribution is 2.63. The number of aliphatic hydroxyl groups is 2. The molecule has 0 radical (unpaired) electrons. The molecule has 3 heteroatoms. The summed E-state index contributed by atoms with van der Waals surface area (Å²) < 4.78 is 0. The predicted molar refractivity (Wildman–Crippen MR) is 85.2 cm³/mol. The highest BCUT2D eigenvalue weighted by molar-refractivity contribution is 7.90. The normalized spacial score (nSPS) is 25.3. The van der Waals surface area contributed by atoms with E-state index in [0.717, 1.165) is 0 Å². The van der Waals surface area contributed by atoms with Crippen LogP contribution in [-0.2, 0) is 0 Å². The molecular weight excluding hydrogens is 267 g/mol. The summed E-state index contributed by atoms with van der Waals surface area (Å²) in [5, 5.41) is 23.4. The van der Waals surface area contributed by atoms with Gasteiger partial charge in [-0.2, -0.15) is 0 Å². The van der Waals surface area contributed by atoms with Crippen LogP contribution in [0.4, 0.5) is 0 Å². The Morgan fingerprint density at radius 1 is 0.750 bits per heavy atom. The average molecular weight is 287 g/mol. The number of aliphatic hydroxyl groups excluding tert-OH is 2. The molecule has 20 heavy (non-hydrogen) atoms. The molecule has 2 atom stereocenters. The standard InChI is InChI=1S/C17H20O2P/c18-14-11-12-17(19)20(13-14,15-7-3-1-4-8-15)16-9-5-2-6-10-16/h1-10,14,17-19H,11-13H2/q+1. The molecule has 2 aromatic rings. The van der Waals surface area contributed by atoms with Gasteiger partial charge < -0.3 is 10.2 Å². The van der Waals surface area contributed by atoms with E-state index < -0.39 is 7.26 Å². The van der Waals surface area contributed by atoms with Crippen LogP contribution >= 0.6 is 7.26 Å². The van der Waals surface area contributed by atoms with Gasteiger partial charge in [-0.15, -0.1) is 0 Å². The van der Waals surface area contributed by atoms with Gasteiger partial charge in [0.15, 0.2) is 5.85 Å². The Morgan fingerprint density at radius 2 is 1.25 bits per heavy atom. The molecular formula is C17H20O2P+. The van der Waals surface area contributed by atoms with E-state index in [1.807, 2.05) is 36.4 Å². The second-order valence-corrected chi connectivity index (χ2v) is 9.17. The summed E-state index contributed by atoms with van der Waals surface area (Å²) in [7, 11) is -1.94. The topological polar surface area (TPSA) is 40.5 Å². The van der Waals surface area contributed by atoms with Crippen LogP contribution < -0.4 is 10.6 Å². The fraction of sp³-hybridized carbons (Fsp3) is 0.294. The van der Waals surface area contributed by atoms with Crippen molar-refractivity contribution in [1.82, 2.24) is 0 Å². The molecule has 1 aliphatic rings. The number of hydrogen-bond acceptors (Lipinski definition) is 2. The molecule has 0 bridgehead atoms. The lowest BCUT2D eigenvalue weighted by Crippen LogP contribution is -2.41. The van der Waals surface area contributed by atoms with Crippen molar-refractivity contribution in [2.45, 2.75) is 24.8 Å².